The van der Waals surface area contributed by atoms with Crippen LogP contribution in [0.5, 0.6) is 0 Å². The number of non-ortho nitro benzene ring substituents is 1. The molecule has 3 aliphatic rings. The number of hydrogen-bond acceptors (Lipinski definition) is 5. The summed E-state index contributed by atoms with van der Waals surface area (Å²) in [7, 11) is 0. The Bertz CT molecular complexity index is 755. The average molecular weight is 311 g/mol. The number of amides is 2. The Labute approximate surface area is 131 Å². The van der Waals surface area contributed by atoms with Gasteiger partial charge in [0.1, 0.15) is 0 Å². The van der Waals surface area contributed by atoms with E-state index in [1.807, 2.05) is 12.2 Å². The van der Waals surface area contributed by atoms with Crippen LogP contribution in [0.2, 0.25) is 0 Å². The van der Waals surface area contributed by atoms with Crippen LogP contribution in [0.3, 0.4) is 0 Å². The Hall–Kier alpha value is -2.83. The van der Waals surface area contributed by atoms with E-state index in [1.54, 1.807) is 6.07 Å². The number of hydrogen-bond donors (Lipinski definition) is 0. The van der Waals surface area contributed by atoms with Gasteiger partial charge in [0.25, 0.3) is 17.5 Å². The quantitative estimate of drug-likeness (QED) is 0.279. The molecular weight excluding hydrogens is 298 g/mol. The number of nitro benzene ring substituents is 1. The molecule has 1 saturated carbocycles. The van der Waals surface area contributed by atoms with Gasteiger partial charge in [-0.05, 0) is 18.3 Å². The van der Waals surface area contributed by atoms with Gasteiger partial charge in [0.2, 0.25) is 0 Å². The third-order valence-corrected chi connectivity index (χ3v) is 4.85. The number of fused-ring (bicyclic) bond motifs is 5. The number of allylic oxidation sites excluding steroid dienone is 2. The second-order valence-electron chi connectivity index (χ2n) is 6.08. The maximum Gasteiger partial charge on any atom is 0.270 e. The van der Waals surface area contributed by atoms with Crippen molar-refractivity contribution in [1.29, 1.82) is 0 Å². The minimum atomic E-state index is -0.503. The molecule has 1 aromatic carbocycles. The van der Waals surface area contributed by atoms with Crippen molar-refractivity contribution >= 4 is 23.7 Å². The molecule has 116 valence electrons. The summed E-state index contributed by atoms with van der Waals surface area (Å²) in [6.45, 7) is 0. The van der Waals surface area contributed by atoms with Gasteiger partial charge < -0.3 is 0 Å². The van der Waals surface area contributed by atoms with Gasteiger partial charge >= 0.3 is 0 Å². The van der Waals surface area contributed by atoms with Crippen LogP contribution in [0.1, 0.15) is 12.0 Å². The zero-order valence-corrected chi connectivity index (χ0v) is 12.0. The molecule has 4 rings (SSSR count). The minimum absolute atomic E-state index is 0.0628. The van der Waals surface area contributed by atoms with Gasteiger partial charge in [0.15, 0.2) is 0 Å². The summed E-state index contributed by atoms with van der Waals surface area (Å²) in [6, 6.07) is 5.89. The van der Waals surface area contributed by atoms with E-state index in [4.69, 9.17) is 0 Å². The van der Waals surface area contributed by atoms with Crippen LogP contribution in [0.4, 0.5) is 5.69 Å². The van der Waals surface area contributed by atoms with Gasteiger partial charge in [-0.15, -0.1) is 0 Å². The van der Waals surface area contributed by atoms with E-state index in [-0.39, 0.29) is 41.2 Å². The largest absolute Gasteiger partial charge is 0.272 e. The molecule has 2 bridgehead atoms. The lowest BCUT2D eigenvalue weighted by molar-refractivity contribution is -0.384. The Morgan fingerprint density at radius 1 is 1.17 bits per heavy atom. The molecule has 7 nitrogen and oxygen atoms in total. The van der Waals surface area contributed by atoms with Gasteiger partial charge in [-0.2, -0.15) is 10.1 Å². The minimum Gasteiger partial charge on any atom is -0.272 e. The van der Waals surface area contributed by atoms with E-state index in [1.165, 1.54) is 24.4 Å². The molecule has 0 spiro atoms. The van der Waals surface area contributed by atoms with Crippen LogP contribution in [-0.2, 0) is 9.59 Å². The van der Waals surface area contributed by atoms with Crippen molar-refractivity contribution in [2.45, 2.75) is 6.42 Å². The van der Waals surface area contributed by atoms with Gasteiger partial charge in [0.05, 0.1) is 23.0 Å². The Morgan fingerprint density at radius 3 is 2.43 bits per heavy atom. The number of carbonyl (C=O) groups is 2. The number of hydrazone groups is 1. The first-order chi connectivity index (χ1) is 11.1. The van der Waals surface area contributed by atoms with Gasteiger partial charge in [0, 0.05) is 17.7 Å². The van der Waals surface area contributed by atoms with Crippen molar-refractivity contribution in [3.05, 3.63) is 52.1 Å². The van der Waals surface area contributed by atoms with E-state index in [0.29, 0.717) is 5.56 Å². The van der Waals surface area contributed by atoms with Crippen LogP contribution < -0.4 is 0 Å². The number of imide groups is 1. The smallest absolute Gasteiger partial charge is 0.270 e. The van der Waals surface area contributed by atoms with Crippen molar-refractivity contribution in [3.63, 3.8) is 0 Å². The molecular formula is C16H13N3O4. The van der Waals surface area contributed by atoms with E-state index >= 15 is 0 Å². The number of nitro groups is 1. The molecule has 1 saturated heterocycles. The van der Waals surface area contributed by atoms with Crippen molar-refractivity contribution in [3.8, 4) is 0 Å². The molecule has 2 amide bonds. The molecule has 0 radical (unpaired) electrons. The molecule has 2 aliphatic carbocycles. The van der Waals surface area contributed by atoms with Gasteiger partial charge in [-0.3, -0.25) is 19.7 Å². The van der Waals surface area contributed by atoms with Gasteiger partial charge in [-0.1, -0.05) is 24.3 Å². The van der Waals surface area contributed by atoms with Crippen LogP contribution in [-0.4, -0.2) is 28.0 Å². The highest BCUT2D eigenvalue weighted by molar-refractivity contribution is 6.06. The summed E-state index contributed by atoms with van der Waals surface area (Å²) in [5.41, 5.74) is 0.407. The summed E-state index contributed by atoms with van der Waals surface area (Å²) >= 11 is 0. The van der Waals surface area contributed by atoms with E-state index in [0.717, 1.165) is 11.4 Å². The molecule has 0 N–H and O–H groups in total. The first kappa shape index (κ1) is 13.8. The van der Waals surface area contributed by atoms with E-state index < -0.39 is 4.92 Å². The fourth-order valence-electron chi connectivity index (χ4n) is 3.84. The predicted molar refractivity (Wildman–Crippen MR) is 80.3 cm³/mol. The van der Waals surface area contributed by atoms with Crippen LogP contribution in [0, 0.1) is 33.8 Å². The average Bonchev–Trinajstić information content (AvgIpc) is 3.21. The predicted octanol–water partition coefficient (Wildman–Crippen LogP) is 1.74. The first-order valence-corrected chi connectivity index (χ1v) is 7.41. The highest BCUT2D eigenvalue weighted by atomic mass is 16.6. The molecule has 1 heterocycles. The summed E-state index contributed by atoms with van der Waals surface area (Å²) in [5.74, 6) is -0.837. The van der Waals surface area contributed by atoms with Crippen LogP contribution in [0.25, 0.3) is 0 Å². The number of carbonyl (C=O) groups excluding carboxylic acids is 2. The maximum absolute atomic E-state index is 12.4. The van der Waals surface area contributed by atoms with E-state index in [2.05, 4.69) is 5.10 Å². The summed E-state index contributed by atoms with van der Waals surface area (Å²) < 4.78 is 0. The molecule has 23 heavy (non-hydrogen) atoms. The molecule has 2 fully saturated rings. The number of benzene rings is 1. The van der Waals surface area contributed by atoms with Crippen molar-refractivity contribution < 1.29 is 14.5 Å². The highest BCUT2D eigenvalue weighted by Crippen LogP contribution is 2.52. The SMILES string of the molecule is O=C1[C@@H]2[C@H](C(=O)N1/N=C\c1cccc([N+](=O)[O-])c1)[C@H]1C=C[C@H]2C1. The molecule has 4 atom stereocenters. The first-order valence-electron chi connectivity index (χ1n) is 7.41. The van der Waals surface area contributed by atoms with Crippen LogP contribution in [0.15, 0.2) is 41.5 Å². The van der Waals surface area contributed by atoms with Gasteiger partial charge in [-0.25, -0.2) is 0 Å². The highest BCUT2D eigenvalue weighted by Gasteiger charge is 2.59. The topological polar surface area (TPSA) is 92.9 Å². The molecule has 0 unspecified atom stereocenters. The molecule has 0 aromatic heterocycles. The standard InChI is InChI=1S/C16H13N3O4/c20-15-13-10-4-5-11(7-10)14(13)16(21)18(15)17-8-9-2-1-3-12(6-9)19(22)23/h1-6,8,10-11,13-14H,7H2/b17-8-/t10-,11-,13-,14+/m0/s1. The fraction of sp³-hybridized carbons (Fsp3) is 0.312. The second-order valence-corrected chi connectivity index (χ2v) is 6.08. The lowest BCUT2D eigenvalue weighted by Gasteiger charge is -2.13. The fourth-order valence-corrected chi connectivity index (χ4v) is 3.84. The number of nitrogens with zero attached hydrogens (tertiary/aromatic N) is 3. The lowest BCUT2D eigenvalue weighted by atomic mass is 9.85. The van der Waals surface area contributed by atoms with Crippen molar-refractivity contribution in [2.24, 2.45) is 28.8 Å². The second kappa shape index (κ2) is 4.84. The Morgan fingerprint density at radius 2 is 1.83 bits per heavy atom. The summed E-state index contributed by atoms with van der Waals surface area (Å²) in [5, 5.41) is 15.7. The zero-order valence-electron chi connectivity index (χ0n) is 12.0. The lowest BCUT2D eigenvalue weighted by Crippen LogP contribution is -2.28. The zero-order chi connectivity index (χ0) is 16.1. The molecule has 7 heteroatoms. The van der Waals surface area contributed by atoms with E-state index in [9.17, 15) is 19.7 Å². The summed E-state index contributed by atoms with van der Waals surface area (Å²) in [6.07, 6.45) is 6.23. The van der Waals surface area contributed by atoms with Crippen LogP contribution >= 0.6 is 0 Å². The monoisotopic (exact) mass is 311 g/mol. The number of rotatable bonds is 3. The molecule has 1 aromatic rings. The molecule has 1 aliphatic heterocycles. The maximum atomic E-state index is 12.4. The van der Waals surface area contributed by atoms with Crippen molar-refractivity contribution in [1.82, 2.24) is 5.01 Å². The summed E-state index contributed by atoms with van der Waals surface area (Å²) in [4.78, 5) is 35.1. The third kappa shape index (κ3) is 2.00. The normalized spacial score (nSPS) is 31.4. The third-order valence-electron chi connectivity index (χ3n) is 4.85. The Kier molecular flexibility index (Phi) is 2.90. The van der Waals surface area contributed by atoms with Crippen molar-refractivity contribution in [2.75, 3.05) is 0 Å². The Balaban J connectivity index is 1.58.